The van der Waals surface area contributed by atoms with Gasteiger partial charge >= 0.3 is 0 Å². The van der Waals surface area contributed by atoms with Crippen LogP contribution in [-0.4, -0.2) is 19.6 Å². The molecule has 0 fully saturated rings. The molecule has 0 aromatic heterocycles. The summed E-state index contributed by atoms with van der Waals surface area (Å²) in [6, 6.07) is 10.6. The largest absolute Gasteiger partial charge is 0.372 e. The van der Waals surface area contributed by atoms with Crippen molar-refractivity contribution in [3.8, 4) is 0 Å². The summed E-state index contributed by atoms with van der Waals surface area (Å²) in [7, 11) is 0. The topological polar surface area (TPSA) is 29.3 Å². The van der Waals surface area contributed by atoms with Crippen molar-refractivity contribution >= 4 is 5.69 Å². The minimum atomic E-state index is 0.238. The Balaban J connectivity index is 2.57. The molecule has 0 saturated carbocycles. The number of nitrogens with zero attached hydrogens (tertiary/aromatic N) is 1. The molecule has 0 saturated heterocycles. The predicted octanol–water partition coefficient (Wildman–Crippen LogP) is 2.89. The van der Waals surface area contributed by atoms with Gasteiger partial charge in [0, 0.05) is 18.8 Å². The zero-order valence-electron chi connectivity index (χ0n) is 10.7. The molecule has 2 N–H and O–H groups in total. The summed E-state index contributed by atoms with van der Waals surface area (Å²) in [5.74, 6) is 0. The van der Waals surface area contributed by atoms with Gasteiger partial charge in [0.25, 0.3) is 0 Å². The van der Waals surface area contributed by atoms with Crippen molar-refractivity contribution in [1.82, 2.24) is 0 Å². The van der Waals surface area contributed by atoms with Gasteiger partial charge in [-0.05, 0) is 37.4 Å². The quantitative estimate of drug-likeness (QED) is 0.798. The van der Waals surface area contributed by atoms with E-state index in [1.54, 1.807) is 0 Å². The fourth-order valence-corrected chi connectivity index (χ4v) is 1.65. The Kier molecular flexibility index (Phi) is 4.81. The molecular weight excluding hydrogens is 196 g/mol. The van der Waals surface area contributed by atoms with Crippen LogP contribution >= 0.6 is 0 Å². The molecule has 0 atom stereocenters. The number of hydrogen-bond donors (Lipinski definition) is 1. The van der Waals surface area contributed by atoms with E-state index < -0.39 is 0 Å². The summed E-state index contributed by atoms with van der Waals surface area (Å²) >= 11 is 0. The smallest absolute Gasteiger partial charge is 0.0366 e. The lowest BCUT2D eigenvalue weighted by Crippen LogP contribution is -2.31. The maximum Gasteiger partial charge on any atom is 0.0366 e. The maximum atomic E-state index is 5.75. The Morgan fingerprint density at radius 1 is 1.19 bits per heavy atom. The maximum absolute atomic E-state index is 5.75. The highest BCUT2D eigenvalue weighted by molar-refractivity contribution is 5.45. The van der Waals surface area contributed by atoms with Crippen molar-refractivity contribution in [2.75, 3.05) is 24.5 Å². The van der Waals surface area contributed by atoms with Gasteiger partial charge in [-0.2, -0.15) is 0 Å². The molecule has 2 heteroatoms. The first-order valence-corrected chi connectivity index (χ1v) is 6.09. The second-order valence-electron chi connectivity index (χ2n) is 5.03. The van der Waals surface area contributed by atoms with E-state index >= 15 is 0 Å². The predicted molar refractivity (Wildman–Crippen MR) is 71.8 cm³/mol. The van der Waals surface area contributed by atoms with Crippen molar-refractivity contribution < 1.29 is 0 Å². The van der Waals surface area contributed by atoms with Gasteiger partial charge in [-0.3, -0.25) is 0 Å². The van der Waals surface area contributed by atoms with Crippen LogP contribution in [0.25, 0.3) is 0 Å². The molecule has 0 amide bonds. The Hall–Kier alpha value is -1.02. The lowest BCUT2D eigenvalue weighted by atomic mass is 9.89. The lowest BCUT2D eigenvalue weighted by molar-refractivity contribution is 0.349. The van der Waals surface area contributed by atoms with Crippen LogP contribution in [0, 0.1) is 5.41 Å². The van der Waals surface area contributed by atoms with E-state index in [2.05, 4.69) is 56.0 Å². The molecule has 0 unspecified atom stereocenters. The average Bonchev–Trinajstić information content (AvgIpc) is 2.31. The second-order valence-corrected chi connectivity index (χ2v) is 5.03. The van der Waals surface area contributed by atoms with E-state index in [9.17, 15) is 0 Å². The summed E-state index contributed by atoms with van der Waals surface area (Å²) in [6.45, 7) is 9.52. The fourth-order valence-electron chi connectivity index (χ4n) is 1.65. The van der Waals surface area contributed by atoms with Crippen LogP contribution in [0.1, 0.15) is 27.2 Å². The Morgan fingerprint density at radius 2 is 1.81 bits per heavy atom. The van der Waals surface area contributed by atoms with Gasteiger partial charge in [0.1, 0.15) is 0 Å². The number of nitrogens with two attached hydrogens (primary N) is 1. The molecule has 1 rings (SSSR count). The highest BCUT2D eigenvalue weighted by Gasteiger charge is 2.16. The zero-order valence-corrected chi connectivity index (χ0v) is 10.7. The second kappa shape index (κ2) is 5.90. The van der Waals surface area contributed by atoms with Crippen molar-refractivity contribution in [3.05, 3.63) is 30.3 Å². The van der Waals surface area contributed by atoms with Gasteiger partial charge in [-0.15, -0.1) is 0 Å². The highest BCUT2D eigenvalue weighted by Crippen LogP contribution is 2.21. The summed E-state index contributed by atoms with van der Waals surface area (Å²) in [6.07, 6.45) is 1.13. The highest BCUT2D eigenvalue weighted by atomic mass is 15.1. The van der Waals surface area contributed by atoms with E-state index in [1.807, 2.05) is 0 Å². The first kappa shape index (κ1) is 13.0. The number of benzene rings is 1. The Morgan fingerprint density at radius 3 is 2.31 bits per heavy atom. The molecule has 0 spiro atoms. The molecule has 0 aliphatic rings. The van der Waals surface area contributed by atoms with Crippen molar-refractivity contribution in [1.29, 1.82) is 0 Å². The molecule has 0 radical (unpaired) electrons. The molecule has 0 aliphatic heterocycles. The average molecular weight is 220 g/mol. The van der Waals surface area contributed by atoms with E-state index in [4.69, 9.17) is 5.73 Å². The van der Waals surface area contributed by atoms with Gasteiger partial charge in [0.2, 0.25) is 0 Å². The van der Waals surface area contributed by atoms with E-state index in [1.165, 1.54) is 5.69 Å². The van der Waals surface area contributed by atoms with Gasteiger partial charge < -0.3 is 10.6 Å². The van der Waals surface area contributed by atoms with E-state index in [0.29, 0.717) is 0 Å². The Labute approximate surface area is 99.5 Å². The monoisotopic (exact) mass is 220 g/mol. The standard InChI is InChI=1S/C14H24N2/c1-4-16(11-10-14(2,3)12-15)13-8-6-5-7-9-13/h5-9H,4,10-12,15H2,1-3H3. The van der Waals surface area contributed by atoms with Gasteiger partial charge in [-0.25, -0.2) is 0 Å². The van der Waals surface area contributed by atoms with Crippen molar-refractivity contribution in [2.45, 2.75) is 27.2 Å². The fraction of sp³-hybridized carbons (Fsp3) is 0.571. The van der Waals surface area contributed by atoms with Gasteiger partial charge in [0.05, 0.1) is 0 Å². The summed E-state index contributed by atoms with van der Waals surface area (Å²) in [4.78, 5) is 2.40. The minimum Gasteiger partial charge on any atom is -0.372 e. The number of para-hydroxylation sites is 1. The SMILES string of the molecule is CCN(CCC(C)(C)CN)c1ccccc1. The van der Waals surface area contributed by atoms with Crippen molar-refractivity contribution in [3.63, 3.8) is 0 Å². The molecular formula is C14H24N2. The number of hydrogen-bond acceptors (Lipinski definition) is 2. The molecule has 2 nitrogen and oxygen atoms in total. The third-order valence-corrected chi connectivity index (χ3v) is 3.11. The first-order chi connectivity index (χ1) is 7.59. The van der Waals surface area contributed by atoms with Gasteiger partial charge in [-0.1, -0.05) is 32.0 Å². The van der Waals surface area contributed by atoms with Crippen LogP contribution in [-0.2, 0) is 0 Å². The lowest BCUT2D eigenvalue weighted by Gasteiger charge is -2.29. The summed E-state index contributed by atoms with van der Waals surface area (Å²) < 4.78 is 0. The van der Waals surface area contributed by atoms with Crippen LogP contribution in [0.4, 0.5) is 5.69 Å². The first-order valence-electron chi connectivity index (χ1n) is 6.09. The number of rotatable bonds is 6. The molecule has 1 aromatic carbocycles. The van der Waals surface area contributed by atoms with Crippen LogP contribution in [0.2, 0.25) is 0 Å². The Bertz CT molecular complexity index is 293. The molecule has 0 aliphatic carbocycles. The van der Waals surface area contributed by atoms with Crippen LogP contribution in [0.3, 0.4) is 0 Å². The van der Waals surface area contributed by atoms with E-state index in [-0.39, 0.29) is 5.41 Å². The molecule has 0 bridgehead atoms. The number of anilines is 1. The third-order valence-electron chi connectivity index (χ3n) is 3.11. The molecule has 16 heavy (non-hydrogen) atoms. The van der Waals surface area contributed by atoms with Crippen molar-refractivity contribution in [2.24, 2.45) is 11.1 Å². The minimum absolute atomic E-state index is 0.238. The summed E-state index contributed by atoms with van der Waals surface area (Å²) in [5.41, 5.74) is 7.30. The van der Waals surface area contributed by atoms with E-state index in [0.717, 1.165) is 26.1 Å². The zero-order chi connectivity index (χ0) is 12.0. The van der Waals surface area contributed by atoms with Crippen LogP contribution < -0.4 is 10.6 Å². The summed E-state index contributed by atoms with van der Waals surface area (Å²) in [5, 5.41) is 0. The third kappa shape index (κ3) is 3.86. The van der Waals surface area contributed by atoms with Crippen LogP contribution in [0.15, 0.2) is 30.3 Å². The molecule has 0 heterocycles. The van der Waals surface area contributed by atoms with Crippen LogP contribution in [0.5, 0.6) is 0 Å². The normalized spacial score (nSPS) is 11.5. The molecule has 90 valence electrons. The van der Waals surface area contributed by atoms with Gasteiger partial charge in [0.15, 0.2) is 0 Å². The molecule has 1 aromatic rings.